The van der Waals surface area contributed by atoms with Gasteiger partial charge in [0.15, 0.2) is 0 Å². The summed E-state index contributed by atoms with van der Waals surface area (Å²) >= 11 is 0. The molecule has 2 unspecified atom stereocenters. The maximum absolute atomic E-state index is 13.7. The van der Waals surface area contributed by atoms with E-state index >= 15 is 0 Å². The maximum atomic E-state index is 13.7. The molecule has 4 heteroatoms. The number of carbonyl (C=O) groups excluding carboxylic acids is 1. The van der Waals surface area contributed by atoms with Crippen LogP contribution in [0.15, 0.2) is 79.0 Å². The number of para-hydroxylation sites is 3. The predicted molar refractivity (Wildman–Crippen MR) is 112 cm³/mol. The molecule has 0 aliphatic carbocycles. The van der Waals surface area contributed by atoms with Gasteiger partial charge in [0.1, 0.15) is 5.41 Å². The van der Waals surface area contributed by atoms with Crippen LogP contribution in [-0.2, 0) is 10.2 Å². The van der Waals surface area contributed by atoms with Gasteiger partial charge in [0.2, 0.25) is 5.91 Å². The van der Waals surface area contributed by atoms with Crippen LogP contribution in [0.5, 0.6) is 0 Å². The molecule has 4 nitrogen and oxygen atoms in total. The van der Waals surface area contributed by atoms with Gasteiger partial charge >= 0.3 is 0 Å². The fourth-order valence-electron chi connectivity index (χ4n) is 5.15. The number of rotatable bonds is 2. The first-order valence-electron chi connectivity index (χ1n) is 9.60. The van der Waals surface area contributed by atoms with Gasteiger partial charge in [-0.1, -0.05) is 54.6 Å². The van der Waals surface area contributed by atoms with Crippen molar-refractivity contribution in [2.24, 2.45) is 0 Å². The first-order chi connectivity index (χ1) is 13.8. The third-order valence-electron chi connectivity index (χ3n) is 6.33. The van der Waals surface area contributed by atoms with E-state index < -0.39 is 5.41 Å². The Labute approximate surface area is 162 Å². The molecule has 0 radical (unpaired) electrons. The Hall–Kier alpha value is -3.53. The largest absolute Gasteiger partial charge is 0.384 e. The van der Waals surface area contributed by atoms with Crippen LogP contribution in [0.25, 0.3) is 10.9 Å². The minimum atomic E-state index is -0.782. The second-order valence-corrected chi connectivity index (χ2v) is 7.58. The van der Waals surface area contributed by atoms with E-state index in [-0.39, 0.29) is 11.8 Å². The summed E-state index contributed by atoms with van der Waals surface area (Å²) < 4.78 is 0. The van der Waals surface area contributed by atoms with Crippen LogP contribution < -0.4 is 10.6 Å². The predicted octanol–water partition coefficient (Wildman–Crippen LogP) is 4.62. The van der Waals surface area contributed by atoms with E-state index in [1.807, 2.05) is 42.6 Å². The average molecular weight is 365 g/mol. The number of hydrogen-bond donors (Lipinski definition) is 3. The smallest absolute Gasteiger partial charge is 0.240 e. The summed E-state index contributed by atoms with van der Waals surface area (Å²) in [6, 6.07) is 24.6. The van der Waals surface area contributed by atoms with Gasteiger partial charge in [-0.2, -0.15) is 0 Å². The molecule has 2 atom stereocenters. The van der Waals surface area contributed by atoms with Gasteiger partial charge in [-0.15, -0.1) is 0 Å². The monoisotopic (exact) mass is 365 g/mol. The molecule has 1 aromatic heterocycles. The van der Waals surface area contributed by atoms with E-state index in [0.29, 0.717) is 0 Å². The van der Waals surface area contributed by atoms with Crippen molar-refractivity contribution in [2.45, 2.75) is 11.3 Å². The van der Waals surface area contributed by atoms with Crippen LogP contribution in [0, 0.1) is 0 Å². The zero-order chi connectivity index (χ0) is 18.7. The lowest BCUT2D eigenvalue weighted by molar-refractivity contribution is -0.120. The Kier molecular flexibility index (Phi) is 3.04. The molecule has 4 aromatic rings. The minimum absolute atomic E-state index is 0.00607. The fraction of sp³-hybridized carbons (Fsp3) is 0.125. The highest BCUT2D eigenvalue weighted by Crippen LogP contribution is 2.55. The molecule has 136 valence electrons. The van der Waals surface area contributed by atoms with E-state index in [2.05, 4.69) is 52.0 Å². The summed E-state index contributed by atoms with van der Waals surface area (Å²) in [5.41, 5.74) is 5.57. The number of carbonyl (C=O) groups is 1. The lowest BCUT2D eigenvalue weighted by atomic mass is 9.64. The van der Waals surface area contributed by atoms with Crippen molar-refractivity contribution in [3.8, 4) is 0 Å². The summed E-state index contributed by atoms with van der Waals surface area (Å²) in [7, 11) is 0. The van der Waals surface area contributed by atoms with Crippen molar-refractivity contribution in [1.29, 1.82) is 0 Å². The van der Waals surface area contributed by atoms with Gasteiger partial charge in [-0.3, -0.25) is 4.79 Å². The number of anilines is 2. The topological polar surface area (TPSA) is 56.9 Å². The van der Waals surface area contributed by atoms with Gasteiger partial charge in [0.25, 0.3) is 0 Å². The maximum Gasteiger partial charge on any atom is 0.240 e. The Morgan fingerprint density at radius 1 is 0.821 bits per heavy atom. The number of benzene rings is 3. The van der Waals surface area contributed by atoms with Crippen molar-refractivity contribution in [3.05, 3.63) is 95.7 Å². The van der Waals surface area contributed by atoms with Crippen LogP contribution in [0.4, 0.5) is 11.4 Å². The first-order valence-corrected chi connectivity index (χ1v) is 9.60. The molecule has 0 saturated carbocycles. The molecule has 3 aromatic carbocycles. The fourth-order valence-corrected chi connectivity index (χ4v) is 5.15. The molecule has 28 heavy (non-hydrogen) atoms. The Morgan fingerprint density at radius 3 is 2.50 bits per heavy atom. The van der Waals surface area contributed by atoms with Crippen LogP contribution in [0.2, 0.25) is 0 Å². The SMILES string of the molecule is O=C1Nc2ccccc2C1(c1c[nH]c2ccccc12)C1CNc2ccccc21. The number of aromatic amines is 1. The van der Waals surface area contributed by atoms with Gasteiger partial charge in [0.05, 0.1) is 0 Å². The normalized spacial score (nSPS) is 22.6. The Bertz CT molecular complexity index is 1240. The molecule has 3 N–H and O–H groups in total. The van der Waals surface area contributed by atoms with Crippen LogP contribution in [0.3, 0.4) is 0 Å². The van der Waals surface area contributed by atoms with Crippen molar-refractivity contribution < 1.29 is 4.79 Å². The van der Waals surface area contributed by atoms with Crippen LogP contribution in [0.1, 0.15) is 22.6 Å². The molecule has 3 heterocycles. The second kappa shape index (κ2) is 5.49. The molecule has 0 saturated heterocycles. The lowest BCUT2D eigenvalue weighted by Gasteiger charge is -2.34. The third-order valence-corrected chi connectivity index (χ3v) is 6.33. The average Bonchev–Trinajstić information content (AvgIpc) is 3.42. The highest BCUT2D eigenvalue weighted by atomic mass is 16.2. The summed E-state index contributed by atoms with van der Waals surface area (Å²) in [4.78, 5) is 17.1. The number of hydrogen-bond acceptors (Lipinski definition) is 2. The van der Waals surface area contributed by atoms with Crippen LogP contribution >= 0.6 is 0 Å². The standard InChI is InChI=1S/C24H19N3O/c28-23-24(17-9-3-6-12-22(17)27-23,18-13-25-20-10-4-1-7-15(18)20)19-14-26-21-11-5-2-8-16(19)21/h1-13,19,25-26H,14H2,(H,27,28). The van der Waals surface area contributed by atoms with Crippen molar-refractivity contribution in [3.63, 3.8) is 0 Å². The summed E-state index contributed by atoms with van der Waals surface area (Å²) in [5, 5.41) is 7.79. The van der Waals surface area contributed by atoms with Crippen molar-refractivity contribution >= 4 is 28.2 Å². The Balaban J connectivity index is 1.71. The van der Waals surface area contributed by atoms with E-state index in [0.717, 1.165) is 39.9 Å². The molecule has 0 spiro atoms. The number of fused-ring (bicyclic) bond motifs is 3. The Morgan fingerprint density at radius 2 is 1.57 bits per heavy atom. The van der Waals surface area contributed by atoms with E-state index in [4.69, 9.17) is 0 Å². The zero-order valence-corrected chi connectivity index (χ0v) is 15.2. The lowest BCUT2D eigenvalue weighted by Crippen LogP contribution is -2.42. The molecule has 2 aliphatic rings. The molecule has 0 fully saturated rings. The molecular formula is C24H19N3O. The van der Waals surface area contributed by atoms with Crippen molar-refractivity contribution in [1.82, 2.24) is 4.98 Å². The molecular weight excluding hydrogens is 346 g/mol. The molecule has 1 amide bonds. The second-order valence-electron chi connectivity index (χ2n) is 7.58. The van der Waals surface area contributed by atoms with E-state index in [1.165, 1.54) is 5.56 Å². The number of amides is 1. The number of H-pyrrole nitrogens is 1. The number of nitrogens with one attached hydrogen (secondary N) is 3. The van der Waals surface area contributed by atoms with E-state index in [9.17, 15) is 4.79 Å². The van der Waals surface area contributed by atoms with Gasteiger partial charge in [0, 0.05) is 40.9 Å². The van der Waals surface area contributed by atoms with Gasteiger partial charge < -0.3 is 15.6 Å². The molecule has 2 aliphatic heterocycles. The highest BCUT2D eigenvalue weighted by Gasteiger charge is 2.56. The summed E-state index contributed by atoms with van der Waals surface area (Å²) in [5.74, 6) is 0.0495. The van der Waals surface area contributed by atoms with Gasteiger partial charge in [-0.05, 0) is 34.9 Å². The van der Waals surface area contributed by atoms with E-state index in [1.54, 1.807) is 0 Å². The summed E-state index contributed by atoms with van der Waals surface area (Å²) in [6.45, 7) is 0.723. The minimum Gasteiger partial charge on any atom is -0.384 e. The zero-order valence-electron chi connectivity index (χ0n) is 15.2. The first kappa shape index (κ1) is 15.5. The molecule has 6 rings (SSSR count). The number of aromatic nitrogens is 1. The van der Waals surface area contributed by atoms with Crippen molar-refractivity contribution in [2.75, 3.05) is 17.2 Å². The highest BCUT2D eigenvalue weighted by molar-refractivity contribution is 6.12. The van der Waals surface area contributed by atoms with Crippen LogP contribution in [-0.4, -0.2) is 17.4 Å². The third kappa shape index (κ3) is 1.82. The molecule has 0 bridgehead atoms. The summed E-state index contributed by atoms with van der Waals surface area (Å²) in [6.07, 6.45) is 2.02. The quantitative estimate of drug-likeness (QED) is 0.486. The van der Waals surface area contributed by atoms with Gasteiger partial charge in [-0.25, -0.2) is 0 Å².